The standard InChI is InChI=1S/C8H10FNO2.ClH/c9-4-6(10)5-1-2-7(11)8(12)3-5;/h1-3,6,11-12H,4,10H2;1H/t6-;/m1./s1. The second-order valence-corrected chi connectivity index (χ2v) is 2.51. The van der Waals surface area contributed by atoms with Crippen molar-refractivity contribution in [2.75, 3.05) is 6.67 Å². The Morgan fingerprint density at radius 1 is 1.31 bits per heavy atom. The maximum Gasteiger partial charge on any atom is 0.157 e. The lowest BCUT2D eigenvalue weighted by atomic mass is 10.1. The molecule has 5 heteroatoms. The van der Waals surface area contributed by atoms with Crippen LogP contribution in [0.5, 0.6) is 11.5 Å². The highest BCUT2D eigenvalue weighted by atomic mass is 35.5. The molecule has 3 nitrogen and oxygen atoms in total. The molecule has 0 fully saturated rings. The molecule has 1 rings (SSSR count). The van der Waals surface area contributed by atoms with Crippen LogP contribution in [0.15, 0.2) is 18.2 Å². The monoisotopic (exact) mass is 207 g/mol. The van der Waals surface area contributed by atoms with Crippen molar-refractivity contribution in [3.05, 3.63) is 23.8 Å². The van der Waals surface area contributed by atoms with Crippen molar-refractivity contribution in [2.24, 2.45) is 5.73 Å². The van der Waals surface area contributed by atoms with Crippen molar-refractivity contribution < 1.29 is 14.6 Å². The summed E-state index contributed by atoms with van der Waals surface area (Å²) in [4.78, 5) is 0. The normalized spacial score (nSPS) is 11.8. The van der Waals surface area contributed by atoms with Gasteiger partial charge in [-0.3, -0.25) is 0 Å². The Labute approximate surface area is 81.4 Å². The van der Waals surface area contributed by atoms with E-state index < -0.39 is 12.7 Å². The molecule has 1 aromatic carbocycles. The fourth-order valence-corrected chi connectivity index (χ4v) is 0.860. The van der Waals surface area contributed by atoms with Crippen molar-refractivity contribution in [1.82, 2.24) is 0 Å². The summed E-state index contributed by atoms with van der Waals surface area (Å²) < 4.78 is 12.0. The average Bonchev–Trinajstić information content (AvgIpc) is 2.08. The molecule has 0 aliphatic heterocycles. The summed E-state index contributed by atoms with van der Waals surface area (Å²) in [7, 11) is 0. The molecule has 1 atom stereocenters. The van der Waals surface area contributed by atoms with Gasteiger partial charge in [-0.25, -0.2) is 4.39 Å². The van der Waals surface area contributed by atoms with Gasteiger partial charge in [0.2, 0.25) is 0 Å². The summed E-state index contributed by atoms with van der Waals surface area (Å²) >= 11 is 0. The second-order valence-electron chi connectivity index (χ2n) is 2.51. The first-order valence-corrected chi connectivity index (χ1v) is 3.48. The number of halogens is 2. The number of phenolic OH excluding ortho intramolecular Hbond substituents is 2. The predicted octanol–water partition coefficient (Wildman–Crippen LogP) is 1.49. The van der Waals surface area contributed by atoms with Crippen LogP contribution in [-0.4, -0.2) is 16.9 Å². The van der Waals surface area contributed by atoms with Crippen molar-refractivity contribution >= 4 is 12.4 Å². The number of benzene rings is 1. The number of hydrogen-bond donors (Lipinski definition) is 3. The summed E-state index contributed by atoms with van der Waals surface area (Å²) in [5.41, 5.74) is 5.81. The molecule has 0 aliphatic rings. The van der Waals surface area contributed by atoms with Crippen LogP contribution in [0.25, 0.3) is 0 Å². The van der Waals surface area contributed by atoms with Gasteiger partial charge in [0.1, 0.15) is 6.67 Å². The van der Waals surface area contributed by atoms with E-state index in [0.717, 1.165) is 0 Å². The largest absolute Gasteiger partial charge is 0.504 e. The number of rotatable bonds is 2. The molecule has 0 unspecified atom stereocenters. The number of phenols is 2. The van der Waals surface area contributed by atoms with E-state index in [1.54, 1.807) is 0 Å². The SMILES string of the molecule is Cl.N[C@H](CF)c1ccc(O)c(O)c1. The van der Waals surface area contributed by atoms with E-state index in [1.807, 2.05) is 0 Å². The first-order chi connectivity index (χ1) is 5.65. The highest BCUT2D eigenvalue weighted by Gasteiger charge is 2.07. The summed E-state index contributed by atoms with van der Waals surface area (Å²) in [6.07, 6.45) is 0. The van der Waals surface area contributed by atoms with Gasteiger partial charge in [-0.2, -0.15) is 0 Å². The van der Waals surface area contributed by atoms with Gasteiger partial charge in [-0.1, -0.05) is 6.07 Å². The third kappa shape index (κ3) is 2.75. The van der Waals surface area contributed by atoms with Crippen molar-refractivity contribution in [3.8, 4) is 11.5 Å². The predicted molar refractivity (Wildman–Crippen MR) is 49.9 cm³/mol. The zero-order chi connectivity index (χ0) is 9.14. The molecule has 0 amide bonds. The van der Waals surface area contributed by atoms with Crippen molar-refractivity contribution in [3.63, 3.8) is 0 Å². The fraction of sp³-hybridized carbons (Fsp3) is 0.250. The molecule has 0 bridgehead atoms. The van der Waals surface area contributed by atoms with Gasteiger partial charge in [-0.05, 0) is 17.7 Å². The minimum atomic E-state index is -0.739. The maximum atomic E-state index is 12.0. The first-order valence-electron chi connectivity index (χ1n) is 3.48. The Balaban J connectivity index is 0.00000144. The third-order valence-electron chi connectivity index (χ3n) is 1.59. The van der Waals surface area contributed by atoms with E-state index >= 15 is 0 Å². The van der Waals surface area contributed by atoms with Crippen LogP contribution in [0.2, 0.25) is 0 Å². The number of hydrogen-bond acceptors (Lipinski definition) is 3. The van der Waals surface area contributed by atoms with Crippen LogP contribution >= 0.6 is 12.4 Å². The molecule has 0 spiro atoms. The second kappa shape index (κ2) is 4.89. The molecular weight excluding hydrogens is 197 g/mol. The maximum absolute atomic E-state index is 12.0. The highest BCUT2D eigenvalue weighted by Crippen LogP contribution is 2.26. The molecule has 0 heterocycles. The fourth-order valence-electron chi connectivity index (χ4n) is 0.860. The summed E-state index contributed by atoms with van der Waals surface area (Å²) in [6.45, 7) is -0.690. The molecular formula is C8H11ClFNO2. The molecule has 0 aliphatic carbocycles. The highest BCUT2D eigenvalue weighted by molar-refractivity contribution is 5.85. The van der Waals surface area contributed by atoms with Crippen LogP contribution in [0.1, 0.15) is 11.6 Å². The van der Waals surface area contributed by atoms with Gasteiger partial charge >= 0.3 is 0 Å². The van der Waals surface area contributed by atoms with Crippen LogP contribution in [0.4, 0.5) is 4.39 Å². The summed E-state index contributed by atoms with van der Waals surface area (Å²) in [5, 5.41) is 17.9. The van der Waals surface area contributed by atoms with Crippen LogP contribution in [0, 0.1) is 0 Å². The van der Waals surface area contributed by atoms with E-state index in [2.05, 4.69) is 0 Å². The molecule has 0 saturated carbocycles. The van der Waals surface area contributed by atoms with Crippen LogP contribution < -0.4 is 5.73 Å². The molecule has 0 saturated heterocycles. The molecule has 74 valence electrons. The van der Waals surface area contributed by atoms with Gasteiger partial charge in [0, 0.05) is 0 Å². The molecule has 1 aromatic rings. The van der Waals surface area contributed by atoms with E-state index in [-0.39, 0.29) is 23.9 Å². The van der Waals surface area contributed by atoms with Gasteiger partial charge < -0.3 is 15.9 Å². The Hall–Kier alpha value is -1.00. The lowest BCUT2D eigenvalue weighted by Crippen LogP contribution is -2.11. The van der Waals surface area contributed by atoms with Gasteiger partial charge in [0.15, 0.2) is 11.5 Å². The number of nitrogens with two attached hydrogens (primary N) is 1. The van der Waals surface area contributed by atoms with E-state index in [4.69, 9.17) is 15.9 Å². The van der Waals surface area contributed by atoms with E-state index in [0.29, 0.717) is 5.56 Å². The smallest absolute Gasteiger partial charge is 0.157 e. The van der Waals surface area contributed by atoms with Crippen molar-refractivity contribution in [2.45, 2.75) is 6.04 Å². The Kier molecular flexibility index (Phi) is 4.51. The van der Waals surface area contributed by atoms with E-state index in [9.17, 15) is 4.39 Å². The Morgan fingerprint density at radius 2 is 1.92 bits per heavy atom. The third-order valence-corrected chi connectivity index (χ3v) is 1.59. The molecule has 0 aromatic heterocycles. The van der Waals surface area contributed by atoms with Gasteiger partial charge in [0.05, 0.1) is 6.04 Å². The topological polar surface area (TPSA) is 66.5 Å². The minimum absolute atomic E-state index is 0. The Morgan fingerprint density at radius 3 is 2.38 bits per heavy atom. The lowest BCUT2D eigenvalue weighted by molar-refractivity contribution is 0.399. The molecule has 13 heavy (non-hydrogen) atoms. The summed E-state index contributed by atoms with van der Waals surface area (Å²) in [6, 6.07) is 3.26. The van der Waals surface area contributed by atoms with Gasteiger partial charge in [0.25, 0.3) is 0 Å². The average molecular weight is 208 g/mol. The minimum Gasteiger partial charge on any atom is -0.504 e. The van der Waals surface area contributed by atoms with E-state index in [1.165, 1.54) is 18.2 Å². The van der Waals surface area contributed by atoms with Crippen LogP contribution in [0.3, 0.4) is 0 Å². The number of alkyl halides is 1. The van der Waals surface area contributed by atoms with Crippen LogP contribution in [-0.2, 0) is 0 Å². The first kappa shape index (κ1) is 12.0. The molecule has 4 N–H and O–H groups in total. The van der Waals surface area contributed by atoms with Crippen molar-refractivity contribution in [1.29, 1.82) is 0 Å². The summed E-state index contributed by atoms with van der Waals surface area (Å²) in [5.74, 6) is -0.513. The quantitative estimate of drug-likeness (QED) is 0.644. The van der Waals surface area contributed by atoms with Gasteiger partial charge in [-0.15, -0.1) is 12.4 Å². The zero-order valence-electron chi connectivity index (χ0n) is 6.77. The molecule has 0 radical (unpaired) electrons. The lowest BCUT2D eigenvalue weighted by Gasteiger charge is -2.07. The zero-order valence-corrected chi connectivity index (χ0v) is 7.59. The Bertz CT molecular complexity index is 283. The number of aromatic hydroxyl groups is 2.